The predicted octanol–water partition coefficient (Wildman–Crippen LogP) is 13.1. The van der Waals surface area contributed by atoms with E-state index < -0.39 is 48.4 Å². The lowest BCUT2D eigenvalue weighted by atomic mass is 9.79. The molecule has 3 aromatic heterocycles. The summed E-state index contributed by atoms with van der Waals surface area (Å²) in [5.41, 5.74) is 20.4. The van der Waals surface area contributed by atoms with Crippen molar-refractivity contribution in [2.24, 2.45) is 17.2 Å². The van der Waals surface area contributed by atoms with E-state index in [1.807, 2.05) is 110 Å². The van der Waals surface area contributed by atoms with Gasteiger partial charge in [0, 0.05) is 95.7 Å². The SMILES string of the molecule is C=CC(=O)Cl.C=CC(=O)N1CCN(c2ccc(C(N)=O)c(-c3ccc(Oc4ccc(F)cc4)cc3)n2)CC1.CC1(C)OB(c2ccc(O)cc2)OC1(C)C.CC1(C)OB(c2cccc(Oc3cccc(F)c3)c2)OC1(C)C.NC(=O)c1ccc(N2CCNCC2)nc1-c1ccc(Oc2ccc(F)cc2)cc1.NC(=O)c1ccc(N2CCNCC2)nc1Cl.OB(O)c1ccc(F)cc1. The molecular formula is C96H103B3Cl2F4N12O15. The lowest BCUT2D eigenvalue weighted by molar-refractivity contribution is -0.126. The summed E-state index contributed by atoms with van der Waals surface area (Å²) >= 11 is 10.6. The number of nitrogens with one attached hydrogen (secondary N) is 2. The van der Waals surface area contributed by atoms with Crippen molar-refractivity contribution in [3.63, 3.8) is 0 Å². The summed E-state index contributed by atoms with van der Waals surface area (Å²) in [7, 11) is -2.32. The highest BCUT2D eigenvalue weighted by atomic mass is 35.5. The number of phenolic OH excluding ortho intramolecular Hbond substituents is 1. The van der Waals surface area contributed by atoms with Gasteiger partial charge in [-0.05, 0) is 278 Å². The molecule has 8 heterocycles. The first-order valence-electron chi connectivity index (χ1n) is 42.0. The lowest BCUT2D eigenvalue weighted by Gasteiger charge is -2.35. The number of benzene rings is 8. The zero-order valence-corrected chi connectivity index (χ0v) is 75.6. The number of amides is 4. The third-order valence-corrected chi connectivity index (χ3v) is 22.3. The zero-order chi connectivity index (χ0) is 95.6. The standard InChI is InChI=1S/C25H23FN4O3.C22H21FN4O2.C18H20BFO3.C12H17BO3.C10H13ClN4O.C6H6BFO2.C3H3ClO/c1-2-23(31)30-15-13-29(14-16-30)22-12-11-21(25(27)32)24(28-22)17-3-7-19(8-4-17)33-20-9-5-18(26)6-10-20;23-16-3-7-18(8-4-16)29-17-5-1-15(2-6-17)21-19(22(24)28)9-10-20(26-21)27-13-11-25-12-14-27;1-17(2)18(3,4)23-19(22-17)13-7-5-9-15(11-13)21-16-10-6-8-14(20)12-16;1-11(2)12(3,4)16-13(15-11)9-5-7-10(14)8-6-9;11-9-7(10(12)16)1-2-8(14-9)15-5-3-13-4-6-15;8-6-3-1-5(2-4-6)7(9)10;1-2-3(4)5/h2-12H,1,13-16H2,(H2,27,32);1-10,25H,11-14H2,(H2,24,28);5-12H,1-4H3;5-8,14H,1-4H3;1-2,13H,3-6H2,(H2,12,16);1-4,9-10H;2H,1H2. The molecule has 688 valence electrons. The Morgan fingerprint density at radius 2 is 0.780 bits per heavy atom. The van der Waals surface area contributed by atoms with E-state index >= 15 is 0 Å². The van der Waals surface area contributed by atoms with E-state index in [1.165, 1.54) is 66.7 Å². The largest absolute Gasteiger partial charge is 0.508 e. The summed E-state index contributed by atoms with van der Waals surface area (Å²) in [6, 6.07) is 61.7. The van der Waals surface area contributed by atoms with Crippen LogP contribution in [0.15, 0.2) is 256 Å². The Kier molecular flexibility index (Phi) is 35.8. The zero-order valence-electron chi connectivity index (χ0n) is 74.1. The molecule has 5 fully saturated rings. The van der Waals surface area contributed by atoms with Gasteiger partial charge in [-0.25, -0.2) is 32.5 Å². The molecular weight excluding hydrogens is 1740 g/mol. The van der Waals surface area contributed by atoms with Crippen molar-refractivity contribution >= 4 is 107 Å². The summed E-state index contributed by atoms with van der Waals surface area (Å²) < 4.78 is 92.6. The second-order valence-corrected chi connectivity index (χ2v) is 32.9. The van der Waals surface area contributed by atoms with Crippen molar-refractivity contribution < 1.29 is 89.5 Å². The fraction of sp³-hybridized carbons (Fsp3) is 0.250. The van der Waals surface area contributed by atoms with Crippen LogP contribution in [0.3, 0.4) is 0 Å². The number of ether oxygens (including phenoxy) is 3. The highest BCUT2D eigenvalue weighted by molar-refractivity contribution is 6.66. The molecule has 0 unspecified atom stereocenters. The summed E-state index contributed by atoms with van der Waals surface area (Å²) in [5, 5.41) is 32.5. The molecule has 11 aromatic rings. The number of pyridine rings is 3. The molecule has 0 aliphatic carbocycles. The molecule has 5 aliphatic rings. The van der Waals surface area contributed by atoms with Crippen LogP contribution in [-0.4, -0.2) is 186 Å². The van der Waals surface area contributed by atoms with Crippen LogP contribution in [0.5, 0.6) is 40.2 Å². The van der Waals surface area contributed by atoms with E-state index in [0.717, 1.165) is 86.6 Å². The molecule has 36 heteroatoms. The van der Waals surface area contributed by atoms with Crippen LogP contribution in [0.4, 0.5) is 35.0 Å². The van der Waals surface area contributed by atoms with Gasteiger partial charge in [-0.3, -0.25) is 24.0 Å². The van der Waals surface area contributed by atoms with Gasteiger partial charge in [-0.1, -0.05) is 67.2 Å². The minimum Gasteiger partial charge on any atom is -0.508 e. The van der Waals surface area contributed by atoms with Crippen LogP contribution in [0.1, 0.15) is 86.5 Å². The number of aromatic hydroxyl groups is 1. The van der Waals surface area contributed by atoms with Gasteiger partial charge in [-0.2, -0.15) is 0 Å². The van der Waals surface area contributed by atoms with E-state index in [2.05, 4.69) is 43.5 Å². The minimum atomic E-state index is -1.51. The number of carbonyl (C=O) groups is 5. The first-order chi connectivity index (χ1) is 62.8. The van der Waals surface area contributed by atoms with Gasteiger partial charge >= 0.3 is 21.4 Å². The van der Waals surface area contributed by atoms with Crippen molar-refractivity contribution in [2.45, 2.75) is 77.8 Å². The van der Waals surface area contributed by atoms with Crippen molar-refractivity contribution in [2.75, 3.05) is 93.2 Å². The monoisotopic (exact) mass is 1840 g/mol. The Hall–Kier alpha value is -13.0. The van der Waals surface area contributed by atoms with E-state index in [4.69, 9.17) is 93.2 Å². The number of rotatable bonds is 19. The molecule has 4 amide bonds. The number of nitrogens with two attached hydrogens (primary N) is 3. The third kappa shape index (κ3) is 28.8. The van der Waals surface area contributed by atoms with Crippen molar-refractivity contribution in [1.29, 1.82) is 0 Å². The number of allylic oxidation sites excluding steroid dienone is 1. The molecule has 0 saturated carbocycles. The normalized spacial score (nSPS) is 15.4. The quantitative estimate of drug-likeness (QED) is 0.0123. The first kappa shape index (κ1) is 101. The molecule has 27 nitrogen and oxygen atoms in total. The summed E-state index contributed by atoms with van der Waals surface area (Å²) in [6.45, 7) is 32.2. The third-order valence-electron chi connectivity index (χ3n) is 21.9. The van der Waals surface area contributed by atoms with Crippen LogP contribution >= 0.6 is 23.2 Å². The first-order valence-corrected chi connectivity index (χ1v) is 42.7. The van der Waals surface area contributed by atoms with Crippen LogP contribution < -0.4 is 73.1 Å². The van der Waals surface area contributed by atoms with E-state index in [9.17, 15) is 46.6 Å². The molecule has 11 N–H and O–H groups in total. The Morgan fingerprint density at radius 1 is 0.432 bits per heavy atom. The second-order valence-electron chi connectivity index (χ2n) is 32.2. The highest BCUT2D eigenvalue weighted by Gasteiger charge is 2.53. The number of halogens is 6. The second kappa shape index (κ2) is 46.7. The Balaban J connectivity index is 0.000000168. The average Bonchev–Trinajstić information content (AvgIpc) is 1.62. The van der Waals surface area contributed by atoms with E-state index in [1.54, 1.807) is 120 Å². The number of hydrogen-bond donors (Lipinski definition) is 8. The molecule has 16 rings (SSSR count). The molecule has 0 bridgehead atoms. The average molecular weight is 1840 g/mol. The molecule has 0 atom stereocenters. The van der Waals surface area contributed by atoms with Crippen molar-refractivity contribution in [3.8, 4) is 62.8 Å². The number of anilines is 3. The number of nitrogens with zero attached hydrogens (tertiary/aromatic N) is 7. The van der Waals surface area contributed by atoms with Crippen molar-refractivity contribution in [3.05, 3.63) is 301 Å². The van der Waals surface area contributed by atoms with Gasteiger partial charge in [0.1, 0.15) is 86.1 Å². The van der Waals surface area contributed by atoms with Crippen molar-refractivity contribution in [1.82, 2.24) is 30.5 Å². The summed E-state index contributed by atoms with van der Waals surface area (Å²) in [5.74, 6) is 2.73. The number of primary amides is 3. The minimum absolute atomic E-state index is 0.0877. The number of hydrogen-bond acceptors (Lipinski definition) is 23. The fourth-order valence-corrected chi connectivity index (χ4v) is 13.4. The van der Waals surface area contributed by atoms with Crippen LogP contribution in [0.2, 0.25) is 5.15 Å². The van der Waals surface area contributed by atoms with Gasteiger partial charge in [0.05, 0.1) is 50.5 Å². The van der Waals surface area contributed by atoms with Gasteiger partial charge in [0.15, 0.2) is 0 Å². The number of phenols is 1. The van der Waals surface area contributed by atoms with Crippen LogP contribution in [0, 0.1) is 23.3 Å². The Labute approximate surface area is 774 Å². The molecule has 5 aliphatic heterocycles. The van der Waals surface area contributed by atoms with Gasteiger partial charge < -0.3 is 95.4 Å². The summed E-state index contributed by atoms with van der Waals surface area (Å²) in [4.78, 5) is 77.9. The smallest absolute Gasteiger partial charge is 0.494 e. The fourth-order valence-electron chi connectivity index (χ4n) is 13.2. The topological polar surface area (TPSA) is 364 Å². The Morgan fingerprint density at radius 3 is 1.15 bits per heavy atom. The maximum atomic E-state index is 13.2. The highest BCUT2D eigenvalue weighted by Crippen LogP contribution is 2.39. The van der Waals surface area contributed by atoms with Crippen LogP contribution in [-0.2, 0) is 28.2 Å². The number of piperazine rings is 3. The summed E-state index contributed by atoms with van der Waals surface area (Å²) in [6.07, 6.45) is 2.36. The van der Waals surface area contributed by atoms with E-state index in [0.29, 0.717) is 100 Å². The lowest BCUT2D eigenvalue weighted by Crippen LogP contribution is -2.48. The molecule has 0 radical (unpaired) electrons. The van der Waals surface area contributed by atoms with Gasteiger partial charge in [0.2, 0.25) is 11.1 Å². The Bertz CT molecular complexity index is 5720. The molecule has 132 heavy (non-hydrogen) atoms. The van der Waals surface area contributed by atoms with E-state index in [-0.39, 0.29) is 64.0 Å². The van der Waals surface area contributed by atoms with Crippen LogP contribution in [0.25, 0.3) is 22.5 Å². The maximum absolute atomic E-state index is 13.2. The predicted molar refractivity (Wildman–Crippen MR) is 506 cm³/mol. The van der Waals surface area contributed by atoms with Gasteiger partial charge in [-0.15, -0.1) is 0 Å². The molecule has 5 saturated heterocycles. The molecule has 8 aromatic carbocycles. The maximum Gasteiger partial charge on any atom is 0.494 e. The number of aromatic nitrogens is 3. The van der Waals surface area contributed by atoms with Gasteiger partial charge in [0.25, 0.3) is 17.7 Å². The molecule has 0 spiro atoms. The number of carbonyl (C=O) groups excluding carboxylic acids is 5.